The first-order valence-electron chi connectivity index (χ1n) is 9.59. The Labute approximate surface area is 160 Å². The number of methoxy groups -OCH3 is 1. The van der Waals surface area contributed by atoms with Crippen molar-refractivity contribution in [3.63, 3.8) is 0 Å². The molecule has 0 saturated carbocycles. The van der Waals surface area contributed by atoms with E-state index in [2.05, 4.69) is 4.74 Å². The summed E-state index contributed by atoms with van der Waals surface area (Å²) in [4.78, 5) is 40.0. The number of carbonyl (C=O) groups is 3. The summed E-state index contributed by atoms with van der Waals surface area (Å²) in [6.07, 6.45) is 2.94. The molecule has 2 aliphatic heterocycles. The summed E-state index contributed by atoms with van der Waals surface area (Å²) in [5.41, 5.74) is 1.13. The molecule has 0 unspecified atom stereocenters. The Kier molecular flexibility index (Phi) is 5.82. The van der Waals surface area contributed by atoms with Gasteiger partial charge in [0.15, 0.2) is 0 Å². The van der Waals surface area contributed by atoms with E-state index in [-0.39, 0.29) is 42.0 Å². The molecule has 0 bridgehead atoms. The molecule has 146 valence electrons. The van der Waals surface area contributed by atoms with Crippen molar-refractivity contribution in [2.24, 2.45) is 5.41 Å². The van der Waals surface area contributed by atoms with Crippen molar-refractivity contribution < 1.29 is 19.1 Å². The smallest absolute Gasteiger partial charge is 0.306 e. The van der Waals surface area contributed by atoms with E-state index in [9.17, 15) is 14.4 Å². The van der Waals surface area contributed by atoms with Crippen molar-refractivity contribution in [1.29, 1.82) is 0 Å². The molecule has 3 rings (SSSR count). The fourth-order valence-electron chi connectivity index (χ4n) is 4.44. The first-order valence-corrected chi connectivity index (χ1v) is 9.59. The number of rotatable bonds is 4. The van der Waals surface area contributed by atoms with Crippen LogP contribution in [0.5, 0.6) is 0 Å². The summed E-state index contributed by atoms with van der Waals surface area (Å²) in [5, 5.41) is 0. The molecule has 6 nitrogen and oxygen atoms in total. The van der Waals surface area contributed by atoms with Crippen LogP contribution in [0.1, 0.15) is 43.6 Å². The van der Waals surface area contributed by atoms with Crippen molar-refractivity contribution in [3.05, 3.63) is 35.9 Å². The second-order valence-electron chi connectivity index (χ2n) is 7.82. The predicted octanol–water partition coefficient (Wildman–Crippen LogP) is 2.19. The van der Waals surface area contributed by atoms with Crippen LogP contribution in [0.2, 0.25) is 0 Å². The van der Waals surface area contributed by atoms with Gasteiger partial charge >= 0.3 is 5.97 Å². The van der Waals surface area contributed by atoms with E-state index in [0.717, 1.165) is 31.4 Å². The first-order chi connectivity index (χ1) is 12.9. The number of hydrogen-bond acceptors (Lipinski definition) is 4. The minimum absolute atomic E-state index is 0.00935. The molecule has 1 atom stereocenters. The molecule has 6 heteroatoms. The summed E-state index contributed by atoms with van der Waals surface area (Å²) >= 11 is 0. The van der Waals surface area contributed by atoms with E-state index < -0.39 is 0 Å². The number of ether oxygens (including phenoxy) is 1. The Morgan fingerprint density at radius 1 is 1.15 bits per heavy atom. The molecule has 0 aliphatic carbocycles. The summed E-state index contributed by atoms with van der Waals surface area (Å²) in [6, 6.07) is 9.98. The molecular formula is C21H28N2O4. The summed E-state index contributed by atoms with van der Waals surface area (Å²) in [7, 11) is 3.22. The zero-order valence-corrected chi connectivity index (χ0v) is 16.1. The lowest BCUT2D eigenvalue weighted by Crippen LogP contribution is -2.53. The van der Waals surface area contributed by atoms with Gasteiger partial charge in [0, 0.05) is 33.1 Å². The van der Waals surface area contributed by atoms with E-state index in [1.54, 1.807) is 0 Å². The quantitative estimate of drug-likeness (QED) is 0.760. The molecule has 27 heavy (non-hydrogen) atoms. The van der Waals surface area contributed by atoms with Crippen LogP contribution in [0.25, 0.3) is 0 Å². The van der Waals surface area contributed by atoms with Gasteiger partial charge in [0.05, 0.1) is 19.4 Å². The average Bonchev–Trinajstić information content (AvgIpc) is 2.70. The lowest BCUT2D eigenvalue weighted by molar-refractivity contribution is -0.145. The van der Waals surface area contributed by atoms with Gasteiger partial charge in [0.25, 0.3) is 0 Å². The maximum absolute atomic E-state index is 12.7. The zero-order chi connectivity index (χ0) is 19.4. The molecule has 0 radical (unpaired) electrons. The van der Waals surface area contributed by atoms with Crippen LogP contribution in [-0.2, 0) is 19.1 Å². The van der Waals surface area contributed by atoms with Gasteiger partial charge in [-0.25, -0.2) is 0 Å². The zero-order valence-electron chi connectivity index (χ0n) is 16.1. The summed E-state index contributed by atoms with van der Waals surface area (Å²) in [6.45, 7) is 2.12. The largest absolute Gasteiger partial charge is 0.469 e. The Balaban J connectivity index is 1.63. The maximum atomic E-state index is 12.7. The number of amides is 2. The molecule has 1 aromatic carbocycles. The topological polar surface area (TPSA) is 66.9 Å². The SMILES string of the molecule is COC(=O)CCC(=O)N1CCC2(CC1)C[C@H](c1ccccc1)C(=O)N(C)C2. The minimum Gasteiger partial charge on any atom is -0.469 e. The molecule has 2 aliphatic rings. The Morgan fingerprint density at radius 3 is 2.44 bits per heavy atom. The van der Waals surface area contributed by atoms with Crippen LogP contribution in [0.4, 0.5) is 0 Å². The highest BCUT2D eigenvalue weighted by atomic mass is 16.5. The van der Waals surface area contributed by atoms with E-state index in [0.29, 0.717) is 13.1 Å². The number of piperidine rings is 2. The van der Waals surface area contributed by atoms with Crippen LogP contribution < -0.4 is 0 Å². The molecular weight excluding hydrogens is 344 g/mol. The van der Waals surface area contributed by atoms with E-state index in [1.807, 2.05) is 47.2 Å². The van der Waals surface area contributed by atoms with E-state index in [1.165, 1.54) is 7.11 Å². The molecule has 1 spiro atoms. The van der Waals surface area contributed by atoms with Crippen molar-refractivity contribution in [3.8, 4) is 0 Å². The van der Waals surface area contributed by atoms with Gasteiger partial charge in [-0.2, -0.15) is 0 Å². The second-order valence-corrected chi connectivity index (χ2v) is 7.82. The number of likely N-dealkylation sites (N-methyl/N-ethyl adjacent to an activating group) is 1. The van der Waals surface area contributed by atoms with Crippen LogP contribution in [-0.4, -0.2) is 61.4 Å². The van der Waals surface area contributed by atoms with Crippen molar-refractivity contribution in [2.75, 3.05) is 33.8 Å². The molecule has 1 aromatic rings. The Bertz CT molecular complexity index is 695. The van der Waals surface area contributed by atoms with Gasteiger partial charge in [-0.3, -0.25) is 14.4 Å². The fourth-order valence-corrected chi connectivity index (χ4v) is 4.44. The van der Waals surface area contributed by atoms with Crippen LogP contribution in [0.3, 0.4) is 0 Å². The van der Waals surface area contributed by atoms with Crippen molar-refractivity contribution in [1.82, 2.24) is 9.80 Å². The van der Waals surface area contributed by atoms with E-state index in [4.69, 9.17) is 0 Å². The maximum Gasteiger partial charge on any atom is 0.306 e. The van der Waals surface area contributed by atoms with Crippen LogP contribution in [0.15, 0.2) is 30.3 Å². The Morgan fingerprint density at radius 2 is 1.81 bits per heavy atom. The minimum atomic E-state index is -0.352. The number of esters is 1. The molecule has 2 heterocycles. The molecule has 2 saturated heterocycles. The molecule has 2 fully saturated rings. The number of carbonyl (C=O) groups excluding carboxylic acids is 3. The van der Waals surface area contributed by atoms with Gasteiger partial charge in [-0.05, 0) is 30.2 Å². The summed E-state index contributed by atoms with van der Waals surface area (Å²) in [5.74, 6) is -0.264. The lowest BCUT2D eigenvalue weighted by Gasteiger charge is -2.49. The highest BCUT2D eigenvalue weighted by molar-refractivity contribution is 5.84. The third-order valence-electron chi connectivity index (χ3n) is 6.03. The molecule has 2 amide bonds. The number of benzene rings is 1. The van der Waals surface area contributed by atoms with Gasteiger partial charge in [0.1, 0.15) is 0 Å². The predicted molar refractivity (Wildman–Crippen MR) is 101 cm³/mol. The molecule has 0 N–H and O–H groups in total. The molecule has 0 aromatic heterocycles. The van der Waals surface area contributed by atoms with Crippen molar-refractivity contribution in [2.45, 2.75) is 38.0 Å². The highest BCUT2D eigenvalue weighted by Gasteiger charge is 2.45. The average molecular weight is 372 g/mol. The highest BCUT2D eigenvalue weighted by Crippen LogP contribution is 2.45. The van der Waals surface area contributed by atoms with Gasteiger partial charge in [-0.1, -0.05) is 30.3 Å². The number of likely N-dealkylation sites (tertiary alicyclic amines) is 2. The Hall–Kier alpha value is -2.37. The van der Waals surface area contributed by atoms with Crippen molar-refractivity contribution >= 4 is 17.8 Å². The summed E-state index contributed by atoms with van der Waals surface area (Å²) < 4.78 is 4.61. The van der Waals surface area contributed by atoms with Gasteiger partial charge in [-0.15, -0.1) is 0 Å². The first kappa shape index (κ1) is 19.4. The van der Waals surface area contributed by atoms with E-state index >= 15 is 0 Å². The third-order valence-corrected chi connectivity index (χ3v) is 6.03. The third kappa shape index (κ3) is 4.31. The lowest BCUT2D eigenvalue weighted by atomic mass is 9.67. The normalized spacial score (nSPS) is 22.0. The van der Waals surface area contributed by atoms with Gasteiger partial charge < -0.3 is 14.5 Å². The van der Waals surface area contributed by atoms with Crippen LogP contribution >= 0.6 is 0 Å². The second kappa shape index (κ2) is 8.11. The van der Waals surface area contributed by atoms with Crippen LogP contribution in [0, 0.1) is 5.41 Å². The standard InChI is InChI=1S/C21H28N2O4/c1-22-15-21(14-17(20(22)26)16-6-4-3-5-7-16)10-12-23(13-11-21)18(24)8-9-19(25)27-2/h3-7,17H,8-15H2,1-2H3/t17-/m1/s1. The van der Waals surface area contributed by atoms with Gasteiger partial charge in [0.2, 0.25) is 11.8 Å². The fraction of sp³-hybridized carbons (Fsp3) is 0.571. The monoisotopic (exact) mass is 372 g/mol. The number of hydrogen-bond donors (Lipinski definition) is 0. The number of nitrogens with zero attached hydrogens (tertiary/aromatic N) is 2.